The third kappa shape index (κ3) is 2.90. The monoisotopic (exact) mass is 422 g/mol. The molecular formula is C27H34S2. The molecule has 0 saturated carbocycles. The molecule has 0 atom stereocenters. The van der Waals surface area contributed by atoms with E-state index in [1.165, 1.54) is 68.5 Å². The molecule has 2 heterocycles. The van der Waals surface area contributed by atoms with Gasteiger partial charge in [0.05, 0.1) is 9.40 Å². The molecule has 0 aliphatic rings. The second kappa shape index (κ2) is 6.31. The van der Waals surface area contributed by atoms with Crippen LogP contribution in [0.5, 0.6) is 0 Å². The smallest absolute Gasteiger partial charge is 0.0545 e. The second-order valence-corrected chi connectivity index (χ2v) is 12.9. The van der Waals surface area contributed by atoms with Crippen LogP contribution in [0.4, 0.5) is 0 Å². The summed E-state index contributed by atoms with van der Waals surface area (Å²) >= 11 is 4.04. The van der Waals surface area contributed by atoms with Crippen molar-refractivity contribution >= 4 is 52.2 Å². The van der Waals surface area contributed by atoms with Crippen molar-refractivity contribution in [3.8, 4) is 0 Å². The first-order chi connectivity index (χ1) is 13.2. The van der Waals surface area contributed by atoms with E-state index < -0.39 is 0 Å². The molecule has 154 valence electrons. The van der Waals surface area contributed by atoms with Crippen molar-refractivity contribution in [1.82, 2.24) is 0 Å². The number of rotatable bonds is 0. The van der Waals surface area contributed by atoms with Crippen molar-refractivity contribution in [3.05, 3.63) is 45.0 Å². The predicted molar refractivity (Wildman–Crippen MR) is 136 cm³/mol. The second-order valence-electron chi connectivity index (χ2n) is 10.9. The highest BCUT2D eigenvalue weighted by Gasteiger charge is 2.27. The molecule has 0 unspecified atom stereocenters. The number of hydrogen-bond donors (Lipinski definition) is 0. The molecular weight excluding hydrogens is 388 g/mol. The minimum absolute atomic E-state index is 0.156. The van der Waals surface area contributed by atoms with Crippen LogP contribution < -0.4 is 0 Å². The average Bonchev–Trinajstić information content (AvgIpc) is 3.10. The molecule has 0 aliphatic carbocycles. The number of hydrogen-bond acceptors (Lipinski definition) is 2. The predicted octanol–water partition coefficient (Wildman–Crippen LogP) is 9.41. The number of aryl methyl sites for hydroxylation is 4. The summed E-state index contributed by atoms with van der Waals surface area (Å²) in [5.41, 5.74) is 10.7. The van der Waals surface area contributed by atoms with E-state index in [-0.39, 0.29) is 10.8 Å². The molecule has 29 heavy (non-hydrogen) atoms. The Morgan fingerprint density at radius 2 is 1.07 bits per heavy atom. The fourth-order valence-corrected chi connectivity index (χ4v) is 8.48. The van der Waals surface area contributed by atoms with Gasteiger partial charge in [-0.25, -0.2) is 0 Å². The third-order valence-corrected chi connectivity index (χ3v) is 9.41. The molecule has 2 heteroatoms. The van der Waals surface area contributed by atoms with Crippen LogP contribution in [0.15, 0.2) is 6.07 Å². The molecule has 0 N–H and O–H groups in total. The van der Waals surface area contributed by atoms with Crippen LogP contribution in [-0.2, 0) is 10.8 Å². The fraction of sp³-hybridized carbons (Fsp3) is 0.481. The average molecular weight is 423 g/mol. The molecule has 0 radical (unpaired) electrons. The topological polar surface area (TPSA) is 0 Å². The van der Waals surface area contributed by atoms with E-state index in [1.54, 1.807) is 0 Å². The van der Waals surface area contributed by atoms with Crippen LogP contribution in [0.3, 0.4) is 0 Å². The zero-order valence-electron chi connectivity index (χ0n) is 19.9. The molecule has 2 aromatic carbocycles. The summed E-state index contributed by atoms with van der Waals surface area (Å²) in [5, 5.41) is 3.01. The van der Waals surface area contributed by atoms with Crippen LogP contribution >= 0.6 is 22.7 Å². The summed E-state index contributed by atoms with van der Waals surface area (Å²) in [5.74, 6) is 0. The van der Waals surface area contributed by atoms with Crippen LogP contribution in [0.2, 0.25) is 0 Å². The van der Waals surface area contributed by atoms with Crippen molar-refractivity contribution < 1.29 is 0 Å². The zero-order valence-corrected chi connectivity index (χ0v) is 21.5. The summed E-state index contributed by atoms with van der Waals surface area (Å²) < 4.78 is 5.98. The highest BCUT2D eigenvalue weighted by molar-refractivity contribution is 7.36. The molecule has 2 aromatic heterocycles. The molecule has 0 amide bonds. The number of fused-ring (bicyclic) bond motifs is 5. The van der Waals surface area contributed by atoms with Crippen molar-refractivity contribution in [2.24, 2.45) is 0 Å². The fourth-order valence-electron chi connectivity index (χ4n) is 5.35. The molecule has 0 saturated heterocycles. The normalized spacial score (nSPS) is 13.3. The van der Waals surface area contributed by atoms with Gasteiger partial charge in [0.25, 0.3) is 0 Å². The molecule has 0 bridgehead atoms. The minimum atomic E-state index is 0.156. The lowest BCUT2D eigenvalue weighted by atomic mass is 9.79. The van der Waals surface area contributed by atoms with Gasteiger partial charge in [0.2, 0.25) is 0 Å². The van der Waals surface area contributed by atoms with Gasteiger partial charge in [-0.1, -0.05) is 47.6 Å². The van der Waals surface area contributed by atoms with Gasteiger partial charge >= 0.3 is 0 Å². The van der Waals surface area contributed by atoms with Gasteiger partial charge in [0.15, 0.2) is 0 Å². The van der Waals surface area contributed by atoms with E-state index >= 15 is 0 Å². The van der Waals surface area contributed by atoms with Crippen LogP contribution in [0.1, 0.15) is 80.5 Å². The lowest BCUT2D eigenvalue weighted by molar-refractivity contribution is 0.582. The van der Waals surface area contributed by atoms with E-state index in [0.29, 0.717) is 0 Å². The van der Waals surface area contributed by atoms with E-state index in [0.717, 1.165) is 0 Å². The molecule has 0 nitrogen and oxygen atoms in total. The Morgan fingerprint density at radius 1 is 0.552 bits per heavy atom. The van der Waals surface area contributed by atoms with Crippen LogP contribution in [0.25, 0.3) is 29.6 Å². The largest absolute Gasteiger partial charge is 0.133 e. The van der Waals surface area contributed by atoms with E-state index in [1.807, 2.05) is 22.7 Å². The Bertz CT molecular complexity index is 1300. The standard InChI is InChI=1S/C27H34S2/c1-13-12-18(26(6,7)8)16(4)19-22(13)28-25-20-17(5)21(27(9,10)11)14(2)15(3)23(20)29-24(19)25/h12H,1-11H3. The van der Waals surface area contributed by atoms with Crippen molar-refractivity contribution in [2.75, 3.05) is 0 Å². The molecule has 4 rings (SSSR count). The highest BCUT2D eigenvalue weighted by atomic mass is 32.1. The van der Waals surface area contributed by atoms with Crippen LogP contribution in [-0.4, -0.2) is 0 Å². The van der Waals surface area contributed by atoms with Gasteiger partial charge in [0, 0.05) is 20.2 Å². The van der Waals surface area contributed by atoms with Gasteiger partial charge in [-0.05, 0) is 84.4 Å². The lowest BCUT2D eigenvalue weighted by Crippen LogP contribution is -2.16. The van der Waals surface area contributed by atoms with Gasteiger partial charge in [0.1, 0.15) is 0 Å². The summed E-state index contributed by atoms with van der Waals surface area (Å²) in [6.07, 6.45) is 0. The maximum atomic E-state index is 2.43. The summed E-state index contributed by atoms with van der Waals surface area (Å²) in [7, 11) is 0. The van der Waals surface area contributed by atoms with Crippen LogP contribution in [0, 0.1) is 34.6 Å². The summed E-state index contributed by atoms with van der Waals surface area (Å²) in [6.45, 7) is 25.7. The van der Waals surface area contributed by atoms with Gasteiger partial charge in [-0.15, -0.1) is 22.7 Å². The maximum absolute atomic E-state index is 2.43. The number of thiophene rings is 2. The lowest BCUT2D eigenvalue weighted by Gasteiger charge is -2.26. The van der Waals surface area contributed by atoms with Gasteiger partial charge < -0.3 is 0 Å². The first-order valence-electron chi connectivity index (χ1n) is 10.6. The van der Waals surface area contributed by atoms with E-state index in [2.05, 4.69) is 82.2 Å². The van der Waals surface area contributed by atoms with Gasteiger partial charge in [-0.3, -0.25) is 0 Å². The molecule has 4 aromatic rings. The summed E-state index contributed by atoms with van der Waals surface area (Å²) in [6, 6.07) is 2.43. The Balaban J connectivity index is 2.26. The Labute approximate surface area is 184 Å². The maximum Gasteiger partial charge on any atom is 0.0545 e. The minimum Gasteiger partial charge on any atom is -0.133 e. The van der Waals surface area contributed by atoms with E-state index in [4.69, 9.17) is 0 Å². The zero-order chi connectivity index (χ0) is 21.6. The Morgan fingerprint density at radius 3 is 1.59 bits per heavy atom. The molecule has 0 spiro atoms. The Kier molecular flexibility index (Phi) is 4.54. The quantitative estimate of drug-likeness (QED) is 0.265. The first kappa shape index (κ1) is 20.9. The highest BCUT2D eigenvalue weighted by Crippen LogP contribution is 2.51. The third-order valence-electron chi connectivity index (χ3n) is 6.61. The molecule has 0 aliphatic heterocycles. The van der Waals surface area contributed by atoms with Crippen molar-refractivity contribution in [1.29, 1.82) is 0 Å². The SMILES string of the molecule is Cc1c(C(C)(C)C)c(C)c2c(sc3c2sc2c(C)cc(C(C)(C)C)c(C)c23)c1C. The Hall–Kier alpha value is -1.38. The van der Waals surface area contributed by atoms with Crippen molar-refractivity contribution in [3.63, 3.8) is 0 Å². The summed E-state index contributed by atoms with van der Waals surface area (Å²) in [4.78, 5) is 0. The number of benzene rings is 2. The van der Waals surface area contributed by atoms with Crippen molar-refractivity contribution in [2.45, 2.75) is 87.0 Å². The first-order valence-corrected chi connectivity index (χ1v) is 12.3. The van der Waals surface area contributed by atoms with Gasteiger partial charge in [-0.2, -0.15) is 0 Å². The molecule has 0 fully saturated rings. The van der Waals surface area contributed by atoms with E-state index in [9.17, 15) is 0 Å².